The lowest BCUT2D eigenvalue weighted by Crippen LogP contribution is -2.36. The van der Waals surface area contributed by atoms with Gasteiger partial charge in [-0.05, 0) is 18.4 Å². The van der Waals surface area contributed by atoms with Crippen molar-refractivity contribution in [3.63, 3.8) is 0 Å². The number of carbonyl (C=O) groups excluding carboxylic acids is 2. The van der Waals surface area contributed by atoms with E-state index in [0.717, 1.165) is 24.8 Å². The highest BCUT2D eigenvalue weighted by atomic mass is 16.6. The van der Waals surface area contributed by atoms with E-state index in [1.807, 2.05) is 30.3 Å². The van der Waals surface area contributed by atoms with Crippen LogP contribution in [0.4, 0.5) is 4.79 Å². The predicted octanol–water partition coefficient (Wildman–Crippen LogP) is 2.73. The molecule has 1 fully saturated rings. The molecule has 0 aliphatic carbocycles. The molecule has 1 saturated heterocycles. The fourth-order valence-corrected chi connectivity index (χ4v) is 1.97. The van der Waals surface area contributed by atoms with Crippen LogP contribution < -0.4 is 0 Å². The maximum atomic E-state index is 11.8. The third-order valence-electron chi connectivity index (χ3n) is 3.00. The number of benzene rings is 1. The van der Waals surface area contributed by atoms with Gasteiger partial charge >= 0.3 is 6.09 Å². The van der Waals surface area contributed by atoms with Crippen molar-refractivity contribution in [2.75, 3.05) is 6.54 Å². The lowest BCUT2D eigenvalue weighted by molar-refractivity contribution is -0.129. The van der Waals surface area contributed by atoms with Crippen LogP contribution in [0.5, 0.6) is 0 Å². The van der Waals surface area contributed by atoms with E-state index >= 15 is 0 Å². The molecule has 4 heteroatoms. The van der Waals surface area contributed by atoms with Gasteiger partial charge in [-0.15, -0.1) is 0 Å². The molecular formula is C14H17NO3. The molecule has 0 spiro atoms. The number of imide groups is 1. The Morgan fingerprint density at radius 1 is 1.17 bits per heavy atom. The predicted molar refractivity (Wildman–Crippen MR) is 66.8 cm³/mol. The Kier molecular flexibility index (Phi) is 4.34. The first-order valence-corrected chi connectivity index (χ1v) is 6.28. The summed E-state index contributed by atoms with van der Waals surface area (Å²) in [7, 11) is 0. The molecule has 1 aromatic rings. The molecule has 1 aromatic carbocycles. The number of ether oxygens (including phenoxy) is 1. The third-order valence-corrected chi connectivity index (χ3v) is 3.00. The van der Waals surface area contributed by atoms with Crippen molar-refractivity contribution in [2.45, 2.75) is 32.3 Å². The maximum Gasteiger partial charge on any atom is 0.416 e. The second kappa shape index (κ2) is 6.19. The van der Waals surface area contributed by atoms with E-state index in [1.165, 1.54) is 4.90 Å². The van der Waals surface area contributed by atoms with Gasteiger partial charge in [0.2, 0.25) is 5.91 Å². The average molecular weight is 247 g/mol. The number of hydrogen-bond acceptors (Lipinski definition) is 3. The number of nitrogens with zero attached hydrogens (tertiary/aromatic N) is 1. The van der Waals surface area contributed by atoms with Crippen LogP contribution in [0.25, 0.3) is 0 Å². The van der Waals surface area contributed by atoms with Gasteiger partial charge in [0.1, 0.15) is 6.61 Å². The molecule has 0 N–H and O–H groups in total. The van der Waals surface area contributed by atoms with E-state index in [2.05, 4.69) is 0 Å². The molecule has 0 bridgehead atoms. The van der Waals surface area contributed by atoms with Gasteiger partial charge in [0.15, 0.2) is 0 Å². The van der Waals surface area contributed by atoms with E-state index in [1.54, 1.807) is 0 Å². The lowest BCUT2D eigenvalue weighted by Gasteiger charge is -2.17. The average Bonchev–Trinajstić information content (AvgIpc) is 2.62. The van der Waals surface area contributed by atoms with Gasteiger partial charge < -0.3 is 4.74 Å². The van der Waals surface area contributed by atoms with Crippen LogP contribution in [-0.4, -0.2) is 23.4 Å². The summed E-state index contributed by atoms with van der Waals surface area (Å²) in [5.74, 6) is -0.120. The molecule has 4 nitrogen and oxygen atoms in total. The monoisotopic (exact) mass is 247 g/mol. The van der Waals surface area contributed by atoms with Crippen molar-refractivity contribution in [1.29, 1.82) is 0 Å². The van der Waals surface area contributed by atoms with Crippen LogP contribution in [0.15, 0.2) is 30.3 Å². The normalized spacial score (nSPS) is 16.2. The quantitative estimate of drug-likeness (QED) is 0.807. The van der Waals surface area contributed by atoms with E-state index in [0.29, 0.717) is 13.0 Å². The van der Waals surface area contributed by atoms with E-state index in [4.69, 9.17) is 4.74 Å². The first-order chi connectivity index (χ1) is 8.77. The summed E-state index contributed by atoms with van der Waals surface area (Å²) < 4.78 is 5.16. The molecule has 0 aromatic heterocycles. The van der Waals surface area contributed by atoms with Crippen LogP contribution in [0.3, 0.4) is 0 Å². The minimum absolute atomic E-state index is 0.120. The Morgan fingerprint density at radius 2 is 1.94 bits per heavy atom. The zero-order valence-electron chi connectivity index (χ0n) is 10.3. The number of amides is 2. The highest BCUT2D eigenvalue weighted by Gasteiger charge is 2.24. The summed E-state index contributed by atoms with van der Waals surface area (Å²) in [5.41, 5.74) is 0.924. The molecule has 2 amide bonds. The van der Waals surface area contributed by atoms with Gasteiger partial charge in [0, 0.05) is 13.0 Å². The van der Waals surface area contributed by atoms with Crippen LogP contribution in [0.2, 0.25) is 0 Å². The molecule has 0 atom stereocenters. The molecule has 0 radical (unpaired) electrons. The van der Waals surface area contributed by atoms with Gasteiger partial charge in [-0.2, -0.15) is 0 Å². The van der Waals surface area contributed by atoms with Crippen LogP contribution in [-0.2, 0) is 16.1 Å². The highest BCUT2D eigenvalue weighted by Crippen LogP contribution is 2.13. The van der Waals surface area contributed by atoms with Gasteiger partial charge in [-0.3, -0.25) is 4.79 Å². The van der Waals surface area contributed by atoms with Crippen LogP contribution in [0.1, 0.15) is 31.2 Å². The Hall–Kier alpha value is -1.84. The lowest BCUT2D eigenvalue weighted by atomic mass is 10.2. The smallest absolute Gasteiger partial charge is 0.416 e. The van der Waals surface area contributed by atoms with Gasteiger partial charge in [-0.1, -0.05) is 36.8 Å². The van der Waals surface area contributed by atoms with Crippen molar-refractivity contribution >= 4 is 12.0 Å². The summed E-state index contributed by atoms with van der Waals surface area (Å²) in [6.45, 7) is 0.690. The first-order valence-electron chi connectivity index (χ1n) is 6.28. The first kappa shape index (κ1) is 12.6. The Balaban J connectivity index is 1.89. The summed E-state index contributed by atoms with van der Waals surface area (Å²) in [6.07, 6.45) is 2.65. The molecule has 1 aliphatic rings. The largest absolute Gasteiger partial charge is 0.444 e. The van der Waals surface area contributed by atoms with Crippen molar-refractivity contribution in [2.24, 2.45) is 0 Å². The zero-order valence-corrected chi connectivity index (χ0v) is 10.3. The standard InChI is InChI=1S/C14H17NO3/c16-13-9-5-2-6-10-15(13)14(17)18-11-12-7-3-1-4-8-12/h1,3-4,7-8H,2,5-6,9-11H2. The molecular weight excluding hydrogens is 230 g/mol. The molecule has 1 aliphatic heterocycles. The Labute approximate surface area is 107 Å². The molecule has 2 rings (SSSR count). The van der Waals surface area contributed by atoms with Crippen LogP contribution >= 0.6 is 0 Å². The molecule has 1 heterocycles. The van der Waals surface area contributed by atoms with E-state index in [-0.39, 0.29) is 12.5 Å². The second-order valence-electron chi connectivity index (χ2n) is 4.40. The topological polar surface area (TPSA) is 46.6 Å². The van der Waals surface area contributed by atoms with Gasteiger partial charge in [0.05, 0.1) is 0 Å². The van der Waals surface area contributed by atoms with Crippen molar-refractivity contribution in [1.82, 2.24) is 4.90 Å². The fraction of sp³-hybridized carbons (Fsp3) is 0.429. The summed E-state index contributed by atoms with van der Waals surface area (Å²) in [4.78, 5) is 24.7. The number of likely N-dealkylation sites (tertiary alicyclic amines) is 1. The molecule has 0 unspecified atom stereocenters. The fourth-order valence-electron chi connectivity index (χ4n) is 1.97. The molecule has 96 valence electrons. The van der Waals surface area contributed by atoms with Crippen LogP contribution in [0, 0.1) is 0 Å². The minimum Gasteiger partial charge on any atom is -0.444 e. The summed E-state index contributed by atoms with van der Waals surface area (Å²) in [6, 6.07) is 9.46. The van der Waals surface area contributed by atoms with Crippen molar-refractivity contribution in [3.05, 3.63) is 35.9 Å². The SMILES string of the molecule is O=C1CCCCCN1C(=O)OCc1ccccc1. The maximum absolute atomic E-state index is 11.8. The van der Waals surface area contributed by atoms with Crippen molar-refractivity contribution < 1.29 is 14.3 Å². The second-order valence-corrected chi connectivity index (χ2v) is 4.40. The Bertz CT molecular complexity index is 416. The summed E-state index contributed by atoms with van der Waals surface area (Å²) >= 11 is 0. The molecule has 18 heavy (non-hydrogen) atoms. The van der Waals surface area contributed by atoms with Gasteiger partial charge in [0.25, 0.3) is 0 Å². The highest BCUT2D eigenvalue weighted by molar-refractivity contribution is 5.92. The number of rotatable bonds is 2. The minimum atomic E-state index is -0.522. The van der Waals surface area contributed by atoms with Crippen molar-refractivity contribution in [3.8, 4) is 0 Å². The van der Waals surface area contributed by atoms with Gasteiger partial charge in [-0.25, -0.2) is 9.69 Å². The third kappa shape index (κ3) is 3.32. The van der Waals surface area contributed by atoms with E-state index < -0.39 is 6.09 Å². The summed E-state index contributed by atoms with van der Waals surface area (Å²) in [5, 5.41) is 0. The molecule has 0 saturated carbocycles. The Morgan fingerprint density at radius 3 is 2.72 bits per heavy atom. The number of hydrogen-bond donors (Lipinski definition) is 0. The number of carbonyl (C=O) groups is 2. The van der Waals surface area contributed by atoms with E-state index in [9.17, 15) is 9.59 Å². The zero-order chi connectivity index (χ0) is 12.8.